The molecule has 0 spiro atoms. The number of hydrogen-bond donors (Lipinski definition) is 0. The van der Waals surface area contributed by atoms with Gasteiger partial charge in [0.25, 0.3) is 0 Å². The summed E-state index contributed by atoms with van der Waals surface area (Å²) in [4.78, 5) is 0. The van der Waals surface area contributed by atoms with Gasteiger partial charge in [0.05, 0.1) is 0 Å². The number of benzene rings is 6. The fourth-order valence-corrected chi connectivity index (χ4v) is 21.1. The zero-order chi connectivity index (χ0) is 42.8. The summed E-state index contributed by atoms with van der Waals surface area (Å²) in [5.74, 6) is 0. The second kappa shape index (κ2) is 17.7. The Kier molecular flexibility index (Phi) is 13.5. The minimum atomic E-state index is -4.65. The van der Waals surface area contributed by atoms with Crippen LogP contribution in [0.1, 0.15) is 92.5 Å². The molecule has 0 atom stereocenters. The summed E-state index contributed by atoms with van der Waals surface area (Å²) in [6.45, 7) is 13.2. The fraction of sp³-hybridized carbons (Fsp3) is 0.226. The summed E-state index contributed by atoms with van der Waals surface area (Å²) < 4.78 is 90.4. The average molecular weight is 1050 g/mol. The molecule has 320 valence electrons. The van der Waals surface area contributed by atoms with Gasteiger partial charge in [0.2, 0.25) is 0 Å². The van der Waals surface area contributed by atoms with Crippen LogP contribution in [0.5, 0.6) is 0 Å². The summed E-state index contributed by atoms with van der Waals surface area (Å²) in [6, 6.07) is 38.0. The van der Waals surface area contributed by atoms with Crippen LogP contribution in [0.25, 0.3) is 33.4 Å². The number of halogens is 8. The number of rotatable bonds is 6. The van der Waals surface area contributed by atoms with Crippen LogP contribution in [0.2, 0.25) is 0 Å². The van der Waals surface area contributed by atoms with Crippen molar-refractivity contribution in [2.45, 2.75) is 77.6 Å². The van der Waals surface area contributed by atoms with Crippen LogP contribution in [-0.2, 0) is 50.6 Å². The molecule has 0 fully saturated rings. The number of fused-ring (bicyclic) bond motifs is 3. The first-order chi connectivity index (χ1) is 28.3. The monoisotopic (exact) mass is 1050 g/mol. The van der Waals surface area contributed by atoms with Gasteiger partial charge in [0, 0.05) is 0 Å². The van der Waals surface area contributed by atoms with Crippen LogP contribution in [0, 0.1) is 0 Å². The fourth-order valence-electron chi connectivity index (χ4n) is 8.86. The van der Waals surface area contributed by atoms with E-state index in [1.165, 1.54) is 17.7 Å². The Morgan fingerprint density at radius 1 is 0.532 bits per heavy atom. The number of hydrogen-bond acceptors (Lipinski definition) is 0. The van der Waals surface area contributed by atoms with Crippen molar-refractivity contribution >= 4 is 31.4 Å². The van der Waals surface area contributed by atoms with Crippen LogP contribution < -0.4 is 3.32 Å². The molecule has 0 amide bonds. The van der Waals surface area contributed by atoms with Crippen molar-refractivity contribution in [1.82, 2.24) is 0 Å². The molecule has 0 aromatic heterocycles. The normalized spacial score (nSPS) is 13.5. The van der Waals surface area contributed by atoms with Crippen LogP contribution in [0.3, 0.4) is 0 Å². The van der Waals surface area contributed by atoms with Gasteiger partial charge in [-0.1, -0.05) is 0 Å². The summed E-state index contributed by atoms with van der Waals surface area (Å²) in [7, 11) is 0. The second-order valence-corrected chi connectivity index (χ2v) is 26.5. The van der Waals surface area contributed by atoms with E-state index in [2.05, 4.69) is 96.2 Å². The molecule has 0 N–H and O–H groups in total. The smallest absolute Gasteiger partial charge is 0.147 e. The summed E-state index contributed by atoms with van der Waals surface area (Å²) in [5, 5.41) is 0. The van der Waals surface area contributed by atoms with Gasteiger partial charge < -0.3 is 0 Å². The molecule has 9 heteroatoms. The maximum absolute atomic E-state index is 14.6. The van der Waals surface area contributed by atoms with Crippen LogP contribution in [0.4, 0.5) is 26.3 Å². The van der Waals surface area contributed by atoms with Gasteiger partial charge in [0.1, 0.15) is 0 Å². The minimum absolute atomic E-state index is 0. The van der Waals surface area contributed by atoms with E-state index in [0.29, 0.717) is 27.2 Å². The van der Waals surface area contributed by atoms with Crippen molar-refractivity contribution in [1.29, 1.82) is 0 Å². The maximum Gasteiger partial charge on any atom is -0.147 e. The summed E-state index contributed by atoms with van der Waals surface area (Å²) >= 11 is -4.18. The van der Waals surface area contributed by atoms with E-state index in [4.69, 9.17) is 0 Å². The Hall–Kier alpha value is -4.30. The zero-order valence-corrected chi connectivity index (χ0v) is 40.6. The average Bonchev–Trinajstić information content (AvgIpc) is 3.87. The summed E-state index contributed by atoms with van der Waals surface area (Å²) in [6.07, 6.45) is -2.01. The first kappa shape index (κ1) is 47.2. The van der Waals surface area contributed by atoms with E-state index in [9.17, 15) is 26.3 Å². The molecule has 0 saturated heterocycles. The molecule has 6 aromatic rings. The Labute approximate surface area is 380 Å². The van der Waals surface area contributed by atoms with E-state index in [1.807, 2.05) is 42.5 Å². The molecule has 0 nitrogen and oxygen atoms in total. The Morgan fingerprint density at radius 3 is 1.53 bits per heavy atom. The van der Waals surface area contributed by atoms with Gasteiger partial charge in [0.15, 0.2) is 0 Å². The predicted octanol–water partition coefficient (Wildman–Crippen LogP) is 15.4. The topological polar surface area (TPSA) is 0 Å². The van der Waals surface area contributed by atoms with Crippen molar-refractivity contribution < 1.29 is 47.3 Å². The van der Waals surface area contributed by atoms with Crippen molar-refractivity contribution in [3.05, 3.63) is 193 Å². The third-order valence-corrected chi connectivity index (χ3v) is 22.9. The van der Waals surface area contributed by atoms with Crippen molar-refractivity contribution in [2.75, 3.05) is 0 Å². The first-order valence-electron chi connectivity index (χ1n) is 20.3. The van der Waals surface area contributed by atoms with E-state index in [-0.39, 0.29) is 35.6 Å². The van der Waals surface area contributed by atoms with E-state index in [0.717, 1.165) is 81.0 Å². The number of alkyl halides is 6. The minimum Gasteiger partial charge on any atom is -0.147 e. The van der Waals surface area contributed by atoms with Gasteiger partial charge in [-0.3, -0.25) is 0 Å². The molecule has 62 heavy (non-hydrogen) atoms. The Bertz CT molecular complexity index is 2670. The molecule has 8 rings (SSSR count). The molecule has 0 heterocycles. The predicted molar refractivity (Wildman–Crippen MR) is 245 cm³/mol. The zero-order valence-electron chi connectivity index (χ0n) is 35.4. The van der Waals surface area contributed by atoms with Crippen LogP contribution in [-0.4, -0.2) is 3.26 Å². The first-order valence-corrected chi connectivity index (χ1v) is 25.6. The maximum atomic E-state index is 14.6. The molecule has 2 aliphatic rings. The third-order valence-electron chi connectivity index (χ3n) is 11.6. The molecule has 0 bridgehead atoms. The van der Waals surface area contributed by atoms with E-state index < -0.39 is 44.4 Å². The molecule has 0 saturated carbocycles. The van der Waals surface area contributed by atoms with Crippen molar-refractivity contribution in [3.8, 4) is 33.4 Å². The molecule has 0 aliphatic heterocycles. The van der Waals surface area contributed by atoms with Crippen LogP contribution in [0.15, 0.2) is 149 Å². The van der Waals surface area contributed by atoms with Gasteiger partial charge >= 0.3 is 358 Å². The van der Waals surface area contributed by atoms with E-state index >= 15 is 0 Å². The largest absolute Gasteiger partial charge is 0.147 e. The molecule has 6 aromatic carbocycles. The number of allylic oxidation sites excluding steroid dienone is 4. The van der Waals surface area contributed by atoms with Gasteiger partial charge in [-0.15, -0.1) is 24.8 Å². The summed E-state index contributed by atoms with van der Waals surface area (Å²) in [5.41, 5.74) is 9.45. The van der Waals surface area contributed by atoms with Gasteiger partial charge in [-0.2, -0.15) is 0 Å². The molecular weight excluding hydrogens is 1000 g/mol. The van der Waals surface area contributed by atoms with Crippen molar-refractivity contribution in [3.63, 3.8) is 0 Å². The van der Waals surface area contributed by atoms with Gasteiger partial charge in [-0.05, 0) is 0 Å². The molecule has 0 unspecified atom stereocenters. The molecular formula is C53H48Cl2F6Hf. The standard InChI is InChI=1S/C33H33.C15H8F6.C5H5.2ClH.Hf/c1-32(2,3)30-20-26-24(18-28(30)22-13-9-7-10-14-22)17-25-19-29(23-15-11-8-12-16-23)31(21-27(25)26)33(4,5)6;16-14(17,18)12-5-1-3-10(8-12)7-11-4-2-6-13(9-11)15(19,20)21;1-2-4-5-3-1;;;/h7-16,18,20-21H,17H2,1-6H3;1-6,8-9H;1-3H,4H2;2*1H;. The van der Waals surface area contributed by atoms with E-state index in [1.54, 1.807) is 12.1 Å². The Morgan fingerprint density at radius 2 is 1.05 bits per heavy atom. The van der Waals surface area contributed by atoms with Crippen molar-refractivity contribution in [2.24, 2.45) is 0 Å². The van der Waals surface area contributed by atoms with Crippen LogP contribution >= 0.6 is 24.8 Å². The molecule has 0 radical (unpaired) electrons. The second-order valence-electron chi connectivity index (χ2n) is 17.9. The Balaban J connectivity index is 0.00000321. The molecule has 2 aliphatic carbocycles. The third kappa shape index (κ3) is 9.19. The van der Waals surface area contributed by atoms with Gasteiger partial charge in [-0.25, -0.2) is 0 Å². The SMILES string of the molecule is CC(C)(C)c1cc2c(cc1-c1ccccc1)Cc1c-2cc(C(C)(C)C)c(-c2ccccc2)[c]1[Hf]([C]1=CC=CC1)=[C](c1cccc(C(F)(F)F)c1)c1cccc(C(F)(F)F)c1.Cl.Cl. The quantitative estimate of drug-likeness (QED) is 0.115.